The van der Waals surface area contributed by atoms with Gasteiger partial charge in [0.05, 0.1) is 11.0 Å². The first-order valence-corrected chi connectivity index (χ1v) is 8.70. The molecule has 1 aromatic heterocycles. The summed E-state index contributed by atoms with van der Waals surface area (Å²) in [5.74, 6) is 1.39. The van der Waals surface area contributed by atoms with Crippen molar-refractivity contribution >= 4 is 17.1 Å². The molecule has 5 nitrogen and oxygen atoms in total. The summed E-state index contributed by atoms with van der Waals surface area (Å²) in [7, 11) is 0. The van der Waals surface area contributed by atoms with Gasteiger partial charge in [-0.25, -0.2) is 9.78 Å². The van der Waals surface area contributed by atoms with Crippen LogP contribution in [-0.2, 0) is 11.3 Å². The fraction of sp³-hybridized carbons (Fsp3) is 0.300. The Morgan fingerprint density at radius 2 is 1.80 bits per heavy atom. The van der Waals surface area contributed by atoms with Crippen LogP contribution in [0.3, 0.4) is 0 Å². The molecule has 0 bridgehead atoms. The van der Waals surface area contributed by atoms with Crippen LogP contribution in [-0.4, -0.2) is 34.1 Å². The number of likely N-dealkylation sites (tertiary alicyclic amines) is 1. The van der Waals surface area contributed by atoms with E-state index in [1.807, 2.05) is 54.6 Å². The maximum absolute atomic E-state index is 12.2. The van der Waals surface area contributed by atoms with Crippen LogP contribution in [0.5, 0.6) is 0 Å². The van der Waals surface area contributed by atoms with E-state index in [1.54, 1.807) is 4.90 Å². The summed E-state index contributed by atoms with van der Waals surface area (Å²) < 4.78 is 5.42. The van der Waals surface area contributed by atoms with Crippen molar-refractivity contribution in [1.29, 1.82) is 0 Å². The molecule has 25 heavy (non-hydrogen) atoms. The molecule has 1 amide bonds. The molecule has 0 spiro atoms. The van der Waals surface area contributed by atoms with Gasteiger partial charge >= 0.3 is 6.09 Å². The first kappa shape index (κ1) is 15.7. The highest BCUT2D eigenvalue weighted by atomic mass is 16.6. The second-order valence-corrected chi connectivity index (χ2v) is 6.44. The standard InChI is InChI=1S/C20H21N3O2/c24-20(25-14-15-6-2-1-3-7-15)23-12-10-16(11-13-23)19-21-17-8-4-5-9-18(17)22-19/h1-9,16H,10-14H2,(H,21,22). The molecule has 1 saturated heterocycles. The van der Waals surface area contributed by atoms with Gasteiger partial charge in [-0.3, -0.25) is 0 Å². The van der Waals surface area contributed by atoms with Gasteiger partial charge in [-0.1, -0.05) is 42.5 Å². The van der Waals surface area contributed by atoms with E-state index in [-0.39, 0.29) is 6.09 Å². The number of nitrogens with zero attached hydrogens (tertiary/aromatic N) is 2. The fourth-order valence-electron chi connectivity index (χ4n) is 3.31. The van der Waals surface area contributed by atoms with Crippen molar-refractivity contribution in [2.45, 2.75) is 25.4 Å². The van der Waals surface area contributed by atoms with Gasteiger partial charge in [-0.2, -0.15) is 0 Å². The van der Waals surface area contributed by atoms with E-state index in [9.17, 15) is 4.79 Å². The lowest BCUT2D eigenvalue weighted by molar-refractivity contribution is 0.0867. The van der Waals surface area contributed by atoms with Crippen molar-refractivity contribution in [2.24, 2.45) is 0 Å². The van der Waals surface area contributed by atoms with Crippen LogP contribution in [0.25, 0.3) is 11.0 Å². The van der Waals surface area contributed by atoms with Crippen LogP contribution >= 0.6 is 0 Å². The molecule has 0 aliphatic carbocycles. The molecule has 1 fully saturated rings. The number of hydrogen-bond donors (Lipinski definition) is 1. The van der Waals surface area contributed by atoms with Crippen molar-refractivity contribution < 1.29 is 9.53 Å². The number of fused-ring (bicyclic) bond motifs is 1. The molecule has 1 N–H and O–H groups in total. The van der Waals surface area contributed by atoms with Crippen molar-refractivity contribution in [3.05, 3.63) is 66.0 Å². The molecule has 2 aromatic carbocycles. The van der Waals surface area contributed by atoms with Crippen molar-refractivity contribution in [2.75, 3.05) is 13.1 Å². The lowest BCUT2D eigenvalue weighted by Gasteiger charge is -2.30. The van der Waals surface area contributed by atoms with Gasteiger partial charge in [0.1, 0.15) is 12.4 Å². The van der Waals surface area contributed by atoms with E-state index in [1.165, 1.54) is 0 Å². The number of carbonyl (C=O) groups excluding carboxylic acids is 1. The highest BCUT2D eigenvalue weighted by Gasteiger charge is 2.26. The molecular formula is C20H21N3O2. The van der Waals surface area contributed by atoms with Crippen LogP contribution in [0.4, 0.5) is 4.79 Å². The summed E-state index contributed by atoms with van der Waals surface area (Å²) >= 11 is 0. The molecule has 0 radical (unpaired) electrons. The minimum atomic E-state index is -0.230. The SMILES string of the molecule is O=C(OCc1ccccc1)N1CCC(c2nc3ccccc3[nH]2)CC1. The molecule has 1 aliphatic heterocycles. The average molecular weight is 335 g/mol. The Hall–Kier alpha value is -2.82. The summed E-state index contributed by atoms with van der Waals surface area (Å²) in [4.78, 5) is 22.1. The molecule has 1 aliphatic rings. The maximum Gasteiger partial charge on any atom is 0.410 e. The molecular weight excluding hydrogens is 314 g/mol. The number of nitrogens with one attached hydrogen (secondary N) is 1. The van der Waals surface area contributed by atoms with E-state index >= 15 is 0 Å². The number of imidazole rings is 1. The number of H-pyrrole nitrogens is 1. The summed E-state index contributed by atoms with van der Waals surface area (Å²) in [6, 6.07) is 17.8. The zero-order chi connectivity index (χ0) is 17.1. The predicted octanol–water partition coefficient (Wildman–Crippen LogP) is 4.08. The third-order valence-electron chi connectivity index (χ3n) is 4.75. The topological polar surface area (TPSA) is 58.2 Å². The quantitative estimate of drug-likeness (QED) is 0.784. The van der Waals surface area contributed by atoms with Crippen LogP contribution in [0, 0.1) is 0 Å². The van der Waals surface area contributed by atoms with E-state index < -0.39 is 0 Å². The molecule has 0 saturated carbocycles. The highest BCUT2D eigenvalue weighted by Crippen LogP contribution is 2.28. The van der Waals surface area contributed by atoms with Crippen molar-refractivity contribution in [1.82, 2.24) is 14.9 Å². The maximum atomic E-state index is 12.2. The monoisotopic (exact) mass is 335 g/mol. The van der Waals surface area contributed by atoms with Crippen LogP contribution in [0.2, 0.25) is 0 Å². The molecule has 128 valence electrons. The Morgan fingerprint density at radius 1 is 1.08 bits per heavy atom. The Morgan fingerprint density at radius 3 is 2.56 bits per heavy atom. The summed E-state index contributed by atoms with van der Waals surface area (Å²) in [5.41, 5.74) is 3.08. The number of rotatable bonds is 3. The Labute approximate surface area is 146 Å². The second-order valence-electron chi connectivity index (χ2n) is 6.44. The second kappa shape index (κ2) is 6.97. The molecule has 3 aromatic rings. The molecule has 5 heteroatoms. The number of carbonyl (C=O) groups is 1. The fourth-order valence-corrected chi connectivity index (χ4v) is 3.31. The summed E-state index contributed by atoms with van der Waals surface area (Å²) in [6.07, 6.45) is 1.58. The Balaban J connectivity index is 1.32. The minimum Gasteiger partial charge on any atom is -0.445 e. The number of amides is 1. The largest absolute Gasteiger partial charge is 0.445 e. The number of benzene rings is 2. The van der Waals surface area contributed by atoms with Crippen LogP contribution < -0.4 is 0 Å². The molecule has 2 heterocycles. The third kappa shape index (κ3) is 3.50. The normalized spacial score (nSPS) is 15.4. The zero-order valence-corrected chi connectivity index (χ0v) is 14.0. The minimum absolute atomic E-state index is 0.230. The number of aromatic amines is 1. The van der Waals surface area contributed by atoms with Crippen LogP contribution in [0.1, 0.15) is 30.1 Å². The molecule has 0 atom stereocenters. The van der Waals surface area contributed by atoms with Crippen molar-refractivity contribution in [3.63, 3.8) is 0 Å². The van der Waals surface area contributed by atoms with E-state index in [2.05, 4.69) is 4.98 Å². The smallest absolute Gasteiger partial charge is 0.410 e. The average Bonchev–Trinajstić information content (AvgIpc) is 3.11. The summed E-state index contributed by atoms with van der Waals surface area (Å²) in [6.45, 7) is 1.73. The van der Waals surface area contributed by atoms with Gasteiger partial charge in [0.25, 0.3) is 0 Å². The number of ether oxygens (including phenoxy) is 1. The van der Waals surface area contributed by atoms with E-state index in [4.69, 9.17) is 9.72 Å². The van der Waals surface area contributed by atoms with Gasteiger partial charge in [-0.15, -0.1) is 0 Å². The highest BCUT2D eigenvalue weighted by molar-refractivity contribution is 5.74. The van der Waals surface area contributed by atoms with Gasteiger partial charge in [0, 0.05) is 19.0 Å². The zero-order valence-electron chi connectivity index (χ0n) is 14.0. The van der Waals surface area contributed by atoms with E-state index in [0.717, 1.165) is 35.3 Å². The lowest BCUT2D eigenvalue weighted by atomic mass is 9.96. The van der Waals surface area contributed by atoms with Gasteiger partial charge in [-0.05, 0) is 30.5 Å². The Kier molecular flexibility index (Phi) is 4.37. The first-order chi connectivity index (χ1) is 12.3. The van der Waals surface area contributed by atoms with Gasteiger partial charge in [0.2, 0.25) is 0 Å². The number of para-hydroxylation sites is 2. The number of aromatic nitrogens is 2. The molecule has 0 unspecified atom stereocenters. The van der Waals surface area contributed by atoms with Gasteiger partial charge < -0.3 is 14.6 Å². The van der Waals surface area contributed by atoms with Gasteiger partial charge in [0.15, 0.2) is 0 Å². The summed E-state index contributed by atoms with van der Waals surface area (Å²) in [5, 5.41) is 0. The number of hydrogen-bond acceptors (Lipinski definition) is 3. The molecule has 4 rings (SSSR count). The van der Waals surface area contributed by atoms with E-state index in [0.29, 0.717) is 25.6 Å². The predicted molar refractivity (Wildman–Crippen MR) is 96.3 cm³/mol. The third-order valence-corrected chi connectivity index (χ3v) is 4.75. The van der Waals surface area contributed by atoms with Crippen LogP contribution in [0.15, 0.2) is 54.6 Å². The van der Waals surface area contributed by atoms with Crippen molar-refractivity contribution in [3.8, 4) is 0 Å². The first-order valence-electron chi connectivity index (χ1n) is 8.70. The Bertz CT molecular complexity index is 819. The number of piperidine rings is 1. The lowest BCUT2D eigenvalue weighted by Crippen LogP contribution is -2.38.